The molecule has 1 atom stereocenters. The van der Waals surface area contributed by atoms with Crippen molar-refractivity contribution in [3.63, 3.8) is 0 Å². The van der Waals surface area contributed by atoms with Crippen LogP contribution < -0.4 is 0 Å². The Morgan fingerprint density at radius 1 is 1.20 bits per heavy atom. The van der Waals surface area contributed by atoms with E-state index < -0.39 is 5.60 Å². The smallest absolute Gasteiger partial charge is 0.111 e. The Morgan fingerprint density at radius 2 is 1.93 bits per heavy atom. The molecule has 1 heterocycles. The first-order chi connectivity index (χ1) is 6.93. The largest absolute Gasteiger partial charge is 0.472 e. The zero-order valence-corrected chi connectivity index (χ0v) is 9.58. The van der Waals surface area contributed by atoms with E-state index in [0.717, 1.165) is 24.0 Å². The highest BCUT2D eigenvalue weighted by molar-refractivity contribution is 5.32. The molecule has 1 N–H and O–H groups in total. The van der Waals surface area contributed by atoms with E-state index in [9.17, 15) is 5.11 Å². The molecule has 0 fully saturated rings. The molecule has 0 aromatic carbocycles. The highest BCUT2D eigenvalue weighted by atomic mass is 16.3. The van der Waals surface area contributed by atoms with E-state index in [1.807, 2.05) is 13.0 Å². The molecule has 82 valence electrons. The second-order valence-corrected chi connectivity index (χ2v) is 5.21. The van der Waals surface area contributed by atoms with Crippen LogP contribution in [-0.4, -0.2) is 5.11 Å². The number of hydrogen-bond acceptors (Lipinski definition) is 2. The van der Waals surface area contributed by atoms with Crippen LogP contribution in [0.5, 0.6) is 0 Å². The molecule has 1 unspecified atom stereocenters. The summed E-state index contributed by atoms with van der Waals surface area (Å²) in [4.78, 5) is 0. The van der Waals surface area contributed by atoms with Crippen molar-refractivity contribution in [3.8, 4) is 0 Å². The molecule has 0 bridgehead atoms. The van der Waals surface area contributed by atoms with Gasteiger partial charge in [-0.2, -0.15) is 0 Å². The summed E-state index contributed by atoms with van der Waals surface area (Å²) in [6.07, 6.45) is 9.09. The van der Waals surface area contributed by atoms with Gasteiger partial charge in [0.15, 0.2) is 0 Å². The van der Waals surface area contributed by atoms with Crippen LogP contribution in [0.3, 0.4) is 0 Å². The Morgan fingerprint density at radius 3 is 2.40 bits per heavy atom. The van der Waals surface area contributed by atoms with Crippen molar-refractivity contribution in [2.24, 2.45) is 5.41 Å². The highest BCUT2D eigenvalue weighted by Crippen LogP contribution is 2.40. The normalized spacial score (nSPS) is 29.3. The standard InChI is InChI=1S/C13H18O2/c1-10-8-15-9-11(10)13(14)6-4-12(2,3)5-7-13/h4,6,8-9,14H,5,7H2,1-3H3. The van der Waals surface area contributed by atoms with Gasteiger partial charge in [0.2, 0.25) is 0 Å². The predicted octanol–water partition coefficient (Wildman–Crippen LogP) is 3.15. The van der Waals surface area contributed by atoms with Crippen LogP contribution in [0, 0.1) is 12.3 Å². The van der Waals surface area contributed by atoms with Crippen molar-refractivity contribution in [3.05, 3.63) is 35.8 Å². The van der Waals surface area contributed by atoms with Crippen molar-refractivity contribution < 1.29 is 9.52 Å². The van der Waals surface area contributed by atoms with Crippen LogP contribution in [-0.2, 0) is 5.60 Å². The van der Waals surface area contributed by atoms with Gasteiger partial charge in [-0.3, -0.25) is 0 Å². The number of rotatable bonds is 1. The fourth-order valence-electron chi connectivity index (χ4n) is 2.07. The SMILES string of the molecule is Cc1cocc1C1(O)C=CC(C)(C)CC1. The second kappa shape index (κ2) is 3.24. The number of aryl methyl sites for hydroxylation is 1. The molecule has 0 amide bonds. The second-order valence-electron chi connectivity index (χ2n) is 5.21. The summed E-state index contributed by atoms with van der Waals surface area (Å²) in [6.45, 7) is 6.33. The summed E-state index contributed by atoms with van der Waals surface area (Å²) in [5.41, 5.74) is 1.28. The average molecular weight is 206 g/mol. The maximum atomic E-state index is 10.5. The summed E-state index contributed by atoms with van der Waals surface area (Å²) >= 11 is 0. The van der Waals surface area contributed by atoms with Gasteiger partial charge in [-0.05, 0) is 30.7 Å². The molecule has 2 nitrogen and oxygen atoms in total. The number of hydrogen-bond donors (Lipinski definition) is 1. The van der Waals surface area contributed by atoms with Crippen LogP contribution in [0.15, 0.2) is 29.1 Å². The molecule has 1 aliphatic carbocycles. The van der Waals surface area contributed by atoms with Gasteiger partial charge in [0.25, 0.3) is 0 Å². The van der Waals surface area contributed by atoms with E-state index in [-0.39, 0.29) is 5.41 Å². The molecule has 1 aromatic rings. The summed E-state index contributed by atoms with van der Waals surface area (Å²) in [5, 5.41) is 10.5. The zero-order valence-electron chi connectivity index (χ0n) is 9.58. The maximum absolute atomic E-state index is 10.5. The van der Waals surface area contributed by atoms with Crippen molar-refractivity contribution in [2.45, 2.75) is 39.2 Å². The molecule has 0 radical (unpaired) electrons. The topological polar surface area (TPSA) is 33.4 Å². The van der Waals surface area contributed by atoms with Gasteiger partial charge in [0.1, 0.15) is 5.60 Å². The quantitative estimate of drug-likeness (QED) is 0.716. The van der Waals surface area contributed by atoms with Crippen molar-refractivity contribution in [1.82, 2.24) is 0 Å². The van der Waals surface area contributed by atoms with Crippen molar-refractivity contribution in [2.75, 3.05) is 0 Å². The fraction of sp³-hybridized carbons (Fsp3) is 0.538. The Kier molecular flexibility index (Phi) is 2.27. The fourth-order valence-corrected chi connectivity index (χ4v) is 2.07. The van der Waals surface area contributed by atoms with Crippen LogP contribution in [0.25, 0.3) is 0 Å². The van der Waals surface area contributed by atoms with Gasteiger partial charge < -0.3 is 9.52 Å². The first-order valence-electron chi connectivity index (χ1n) is 5.39. The first-order valence-corrected chi connectivity index (χ1v) is 5.39. The third-order valence-corrected chi connectivity index (χ3v) is 3.28. The monoisotopic (exact) mass is 206 g/mol. The minimum atomic E-state index is -0.827. The Labute approximate surface area is 90.6 Å². The lowest BCUT2D eigenvalue weighted by Crippen LogP contribution is -2.30. The Balaban J connectivity index is 2.35. The summed E-state index contributed by atoms with van der Waals surface area (Å²) in [5.74, 6) is 0. The molecular formula is C13H18O2. The van der Waals surface area contributed by atoms with Gasteiger partial charge in [0, 0.05) is 5.56 Å². The summed E-state index contributed by atoms with van der Waals surface area (Å²) < 4.78 is 5.12. The molecule has 0 spiro atoms. The van der Waals surface area contributed by atoms with E-state index >= 15 is 0 Å². The maximum Gasteiger partial charge on any atom is 0.111 e. The molecule has 0 saturated carbocycles. The van der Waals surface area contributed by atoms with Gasteiger partial charge >= 0.3 is 0 Å². The molecule has 1 aromatic heterocycles. The van der Waals surface area contributed by atoms with E-state index in [1.54, 1.807) is 12.5 Å². The van der Waals surface area contributed by atoms with Gasteiger partial charge in [-0.15, -0.1) is 0 Å². The van der Waals surface area contributed by atoms with E-state index in [0.29, 0.717) is 0 Å². The van der Waals surface area contributed by atoms with Gasteiger partial charge in [0.05, 0.1) is 12.5 Å². The number of aliphatic hydroxyl groups is 1. The molecule has 1 aliphatic rings. The van der Waals surface area contributed by atoms with Crippen LogP contribution in [0.2, 0.25) is 0 Å². The van der Waals surface area contributed by atoms with Crippen LogP contribution in [0.1, 0.15) is 37.8 Å². The summed E-state index contributed by atoms with van der Waals surface area (Å²) in [6, 6.07) is 0. The lowest BCUT2D eigenvalue weighted by Gasteiger charge is -2.34. The molecule has 0 aliphatic heterocycles. The number of furan rings is 1. The average Bonchev–Trinajstić information content (AvgIpc) is 2.58. The molecular weight excluding hydrogens is 188 g/mol. The van der Waals surface area contributed by atoms with Gasteiger partial charge in [-0.1, -0.05) is 26.0 Å². The number of allylic oxidation sites excluding steroid dienone is 1. The molecule has 0 saturated heterocycles. The minimum absolute atomic E-state index is 0.198. The van der Waals surface area contributed by atoms with Crippen molar-refractivity contribution >= 4 is 0 Å². The molecule has 2 rings (SSSR count). The third-order valence-electron chi connectivity index (χ3n) is 3.28. The van der Waals surface area contributed by atoms with Crippen molar-refractivity contribution in [1.29, 1.82) is 0 Å². The zero-order chi connectivity index (χ0) is 11.1. The lowest BCUT2D eigenvalue weighted by atomic mass is 9.74. The first kappa shape index (κ1) is 10.5. The van der Waals surface area contributed by atoms with Crippen LogP contribution in [0.4, 0.5) is 0 Å². The van der Waals surface area contributed by atoms with E-state index in [2.05, 4.69) is 19.9 Å². The minimum Gasteiger partial charge on any atom is -0.472 e. The van der Waals surface area contributed by atoms with Gasteiger partial charge in [-0.25, -0.2) is 0 Å². The Hall–Kier alpha value is -1.02. The molecule has 2 heteroatoms. The highest BCUT2D eigenvalue weighted by Gasteiger charge is 2.35. The van der Waals surface area contributed by atoms with E-state index in [4.69, 9.17) is 4.42 Å². The predicted molar refractivity (Wildman–Crippen MR) is 59.5 cm³/mol. The van der Waals surface area contributed by atoms with E-state index in [1.165, 1.54) is 0 Å². The molecule has 15 heavy (non-hydrogen) atoms. The summed E-state index contributed by atoms with van der Waals surface area (Å²) in [7, 11) is 0. The Bertz CT molecular complexity index is 387. The third kappa shape index (κ3) is 1.86. The van der Waals surface area contributed by atoms with Crippen LogP contribution >= 0.6 is 0 Å². The lowest BCUT2D eigenvalue weighted by molar-refractivity contribution is 0.0570.